The van der Waals surface area contributed by atoms with Gasteiger partial charge in [-0.15, -0.1) is 0 Å². The van der Waals surface area contributed by atoms with Crippen molar-refractivity contribution >= 4 is 15.9 Å². The summed E-state index contributed by atoms with van der Waals surface area (Å²) in [7, 11) is 1.89. The maximum absolute atomic E-state index is 13.3. The fourth-order valence-electron chi connectivity index (χ4n) is 2.87. The highest BCUT2D eigenvalue weighted by atomic mass is 79.9. The summed E-state index contributed by atoms with van der Waals surface area (Å²) in [6, 6.07) is 0.0861. The molecule has 6 heteroatoms. The van der Waals surface area contributed by atoms with E-state index >= 15 is 0 Å². The summed E-state index contributed by atoms with van der Waals surface area (Å²) in [6.07, 6.45) is 2.87. The number of aryl methyl sites for hydroxylation is 1. The zero-order valence-electron chi connectivity index (χ0n) is 11.3. The molecule has 1 atom stereocenters. The monoisotopic (exact) mass is 335 g/mol. The Labute approximate surface area is 120 Å². The number of rotatable bonds is 4. The van der Waals surface area contributed by atoms with Crippen molar-refractivity contribution in [3.05, 3.63) is 16.4 Å². The molecule has 0 spiro atoms. The number of nitrogens with zero attached hydrogens (tertiary/aromatic N) is 2. The van der Waals surface area contributed by atoms with Crippen LogP contribution in [0.4, 0.5) is 8.78 Å². The molecule has 19 heavy (non-hydrogen) atoms. The first kappa shape index (κ1) is 14.9. The third kappa shape index (κ3) is 3.34. The fourth-order valence-corrected chi connectivity index (χ4v) is 3.47. The molecule has 1 aliphatic rings. The molecule has 0 aromatic carbocycles. The van der Waals surface area contributed by atoms with Crippen LogP contribution in [0.3, 0.4) is 0 Å². The number of nitrogens with one attached hydrogen (secondary N) is 1. The highest BCUT2D eigenvalue weighted by Crippen LogP contribution is 2.42. The lowest BCUT2D eigenvalue weighted by Crippen LogP contribution is -2.35. The molecule has 3 nitrogen and oxygen atoms in total. The van der Waals surface area contributed by atoms with E-state index in [4.69, 9.17) is 0 Å². The minimum Gasteiger partial charge on any atom is -0.309 e. The molecule has 1 saturated carbocycles. The van der Waals surface area contributed by atoms with Crippen molar-refractivity contribution in [3.8, 4) is 0 Å². The normalized spacial score (nSPS) is 21.5. The van der Waals surface area contributed by atoms with Crippen molar-refractivity contribution in [2.24, 2.45) is 13.0 Å². The Morgan fingerprint density at radius 3 is 2.63 bits per heavy atom. The zero-order chi connectivity index (χ0) is 14.0. The molecular weight excluding hydrogens is 316 g/mol. The van der Waals surface area contributed by atoms with Gasteiger partial charge in [-0.05, 0) is 41.2 Å². The highest BCUT2D eigenvalue weighted by molar-refractivity contribution is 9.10. The minimum absolute atomic E-state index is 0.00493. The first-order valence-electron chi connectivity index (χ1n) is 6.73. The first-order valence-corrected chi connectivity index (χ1v) is 7.52. The van der Waals surface area contributed by atoms with Crippen molar-refractivity contribution in [1.29, 1.82) is 0 Å². The molecule has 1 aromatic heterocycles. The molecule has 1 aromatic rings. The lowest BCUT2D eigenvalue weighted by Gasteiger charge is -2.34. The van der Waals surface area contributed by atoms with Gasteiger partial charge in [0.2, 0.25) is 5.92 Å². The van der Waals surface area contributed by atoms with E-state index in [0.717, 1.165) is 16.7 Å². The Hall–Kier alpha value is -0.490. The van der Waals surface area contributed by atoms with Crippen molar-refractivity contribution in [2.75, 3.05) is 6.54 Å². The Morgan fingerprint density at radius 1 is 1.53 bits per heavy atom. The van der Waals surface area contributed by atoms with Crippen LogP contribution in [-0.2, 0) is 7.05 Å². The summed E-state index contributed by atoms with van der Waals surface area (Å²) in [5, 5.41) is 7.65. The lowest BCUT2D eigenvalue weighted by atomic mass is 9.81. The molecule has 1 unspecified atom stereocenters. The van der Waals surface area contributed by atoms with Crippen molar-refractivity contribution in [3.63, 3.8) is 0 Å². The Balaban J connectivity index is 2.17. The molecule has 0 amide bonds. The van der Waals surface area contributed by atoms with Crippen molar-refractivity contribution < 1.29 is 8.78 Å². The van der Waals surface area contributed by atoms with Crippen molar-refractivity contribution in [2.45, 2.75) is 44.6 Å². The second-order valence-corrected chi connectivity index (χ2v) is 6.08. The fraction of sp³-hybridized carbons (Fsp3) is 0.769. The van der Waals surface area contributed by atoms with Crippen LogP contribution in [0.1, 0.15) is 44.3 Å². The average Bonchev–Trinajstić information content (AvgIpc) is 2.67. The summed E-state index contributed by atoms with van der Waals surface area (Å²) in [5.74, 6) is -2.23. The van der Waals surface area contributed by atoms with E-state index in [1.54, 1.807) is 6.20 Å². The van der Waals surface area contributed by atoms with E-state index < -0.39 is 5.92 Å². The SMILES string of the molecule is CCNC(c1c(Br)cnn1C)C1CCC(F)(F)CC1. The van der Waals surface area contributed by atoms with Gasteiger partial charge in [0.05, 0.1) is 22.4 Å². The second kappa shape index (κ2) is 5.87. The smallest absolute Gasteiger partial charge is 0.248 e. The average molecular weight is 336 g/mol. The van der Waals surface area contributed by atoms with Gasteiger partial charge in [-0.25, -0.2) is 8.78 Å². The summed E-state index contributed by atoms with van der Waals surface area (Å²) in [4.78, 5) is 0. The molecular formula is C13H20BrF2N3. The van der Waals surface area contributed by atoms with Crippen LogP contribution in [0.25, 0.3) is 0 Å². The van der Waals surface area contributed by atoms with Gasteiger partial charge in [-0.1, -0.05) is 6.92 Å². The first-order chi connectivity index (χ1) is 8.94. The van der Waals surface area contributed by atoms with E-state index in [1.165, 1.54) is 0 Å². The Bertz CT molecular complexity index is 404. The van der Waals surface area contributed by atoms with Gasteiger partial charge in [0.1, 0.15) is 0 Å². The molecule has 0 saturated heterocycles. The molecule has 1 aliphatic carbocycles. The van der Waals surface area contributed by atoms with Crippen molar-refractivity contribution in [1.82, 2.24) is 15.1 Å². The van der Waals surface area contributed by atoms with Crippen LogP contribution in [-0.4, -0.2) is 22.2 Å². The highest BCUT2D eigenvalue weighted by Gasteiger charge is 2.38. The molecule has 2 rings (SSSR count). The van der Waals surface area contributed by atoms with Gasteiger partial charge in [-0.2, -0.15) is 5.10 Å². The summed E-state index contributed by atoms with van der Waals surface area (Å²) in [5.41, 5.74) is 1.05. The predicted octanol–water partition coefficient (Wildman–Crippen LogP) is 3.66. The standard InChI is InChI=1S/C13H20BrF2N3/c1-3-17-11(12-10(14)8-18-19(12)2)9-4-6-13(15,16)7-5-9/h8-9,11,17H,3-7H2,1-2H3. The van der Waals surface area contributed by atoms with Crippen LogP contribution < -0.4 is 5.32 Å². The predicted molar refractivity (Wildman–Crippen MR) is 74.2 cm³/mol. The van der Waals surface area contributed by atoms with Gasteiger partial charge in [0.25, 0.3) is 0 Å². The summed E-state index contributed by atoms with van der Waals surface area (Å²) >= 11 is 3.51. The van der Waals surface area contributed by atoms with Crippen LogP contribution in [0.2, 0.25) is 0 Å². The Morgan fingerprint density at radius 2 is 2.16 bits per heavy atom. The lowest BCUT2D eigenvalue weighted by molar-refractivity contribution is -0.0500. The quantitative estimate of drug-likeness (QED) is 0.909. The number of aromatic nitrogens is 2. The zero-order valence-corrected chi connectivity index (χ0v) is 12.9. The topological polar surface area (TPSA) is 29.9 Å². The number of hydrogen-bond acceptors (Lipinski definition) is 2. The van der Waals surface area contributed by atoms with E-state index in [0.29, 0.717) is 12.8 Å². The van der Waals surface area contributed by atoms with Gasteiger partial charge >= 0.3 is 0 Å². The summed E-state index contributed by atoms with van der Waals surface area (Å²) in [6.45, 7) is 2.85. The molecule has 1 heterocycles. The number of alkyl halides is 2. The van der Waals surface area contributed by atoms with Gasteiger partial charge in [0, 0.05) is 19.9 Å². The molecule has 1 N–H and O–H groups in total. The molecule has 108 valence electrons. The second-order valence-electron chi connectivity index (χ2n) is 5.23. The molecule has 0 aliphatic heterocycles. The largest absolute Gasteiger partial charge is 0.309 e. The minimum atomic E-state index is -2.48. The van der Waals surface area contributed by atoms with Crippen LogP contribution in [0, 0.1) is 5.92 Å². The number of halogens is 3. The van der Waals surface area contributed by atoms with Gasteiger partial charge in [0.15, 0.2) is 0 Å². The van der Waals surface area contributed by atoms with Crippen LogP contribution in [0.5, 0.6) is 0 Å². The maximum atomic E-state index is 13.3. The van der Waals surface area contributed by atoms with Crippen LogP contribution >= 0.6 is 15.9 Å². The summed E-state index contributed by atoms with van der Waals surface area (Å²) < 4.78 is 29.3. The van der Waals surface area contributed by atoms with Gasteiger partial charge in [-0.3, -0.25) is 4.68 Å². The molecule has 0 bridgehead atoms. The number of hydrogen-bond donors (Lipinski definition) is 1. The van der Waals surface area contributed by atoms with Gasteiger partial charge < -0.3 is 5.32 Å². The van der Waals surface area contributed by atoms with E-state index in [2.05, 4.69) is 26.3 Å². The third-order valence-electron chi connectivity index (χ3n) is 3.89. The Kier molecular flexibility index (Phi) is 4.61. The van der Waals surface area contributed by atoms with E-state index in [1.807, 2.05) is 18.7 Å². The van der Waals surface area contributed by atoms with E-state index in [-0.39, 0.29) is 24.8 Å². The maximum Gasteiger partial charge on any atom is 0.248 e. The van der Waals surface area contributed by atoms with Crippen LogP contribution in [0.15, 0.2) is 10.7 Å². The molecule has 1 fully saturated rings. The third-order valence-corrected chi connectivity index (χ3v) is 4.50. The van der Waals surface area contributed by atoms with E-state index in [9.17, 15) is 8.78 Å². The molecule has 0 radical (unpaired) electrons.